The Morgan fingerprint density at radius 2 is 2.13 bits per heavy atom. The average Bonchev–Trinajstić information content (AvgIpc) is 3.28. The second kappa shape index (κ2) is 10.0. The van der Waals surface area contributed by atoms with Gasteiger partial charge in [-0.05, 0) is 37.3 Å². The Hall–Kier alpha value is -2.45. The first-order valence-electron chi connectivity index (χ1n) is 10.8. The van der Waals surface area contributed by atoms with Crippen LogP contribution in [0.2, 0.25) is 0 Å². The Bertz CT molecular complexity index is 962. The molecule has 0 bridgehead atoms. The van der Waals surface area contributed by atoms with Crippen molar-refractivity contribution in [1.82, 2.24) is 25.4 Å². The van der Waals surface area contributed by atoms with Gasteiger partial charge in [0.25, 0.3) is 0 Å². The number of rotatable bonds is 7. The molecule has 1 aliphatic rings. The van der Waals surface area contributed by atoms with Crippen molar-refractivity contribution in [2.45, 2.75) is 51.7 Å². The second-order valence-electron chi connectivity index (χ2n) is 7.59. The molecule has 3 heterocycles. The number of aliphatic imine (C=N–C) groups is 1. The fourth-order valence-corrected chi connectivity index (χ4v) is 4.84. The van der Waals surface area contributed by atoms with Gasteiger partial charge in [-0.15, -0.1) is 21.5 Å². The average molecular weight is 427 g/mol. The molecule has 7 nitrogen and oxygen atoms in total. The topological polar surface area (TPSA) is 87.4 Å². The van der Waals surface area contributed by atoms with Crippen molar-refractivity contribution in [2.24, 2.45) is 4.99 Å². The summed E-state index contributed by atoms with van der Waals surface area (Å²) in [7, 11) is 0. The van der Waals surface area contributed by atoms with Crippen molar-refractivity contribution < 1.29 is 5.11 Å². The van der Waals surface area contributed by atoms with Crippen LogP contribution in [0, 0.1) is 0 Å². The van der Waals surface area contributed by atoms with Crippen LogP contribution < -0.4 is 10.6 Å². The predicted molar refractivity (Wildman–Crippen MR) is 122 cm³/mol. The van der Waals surface area contributed by atoms with Gasteiger partial charge in [-0.25, -0.2) is 0 Å². The van der Waals surface area contributed by atoms with Crippen molar-refractivity contribution >= 4 is 27.4 Å². The Labute approximate surface area is 181 Å². The molecule has 0 saturated heterocycles. The van der Waals surface area contributed by atoms with E-state index >= 15 is 0 Å². The normalized spacial score (nSPS) is 15.6. The van der Waals surface area contributed by atoms with Crippen LogP contribution in [0.5, 0.6) is 0 Å². The van der Waals surface area contributed by atoms with Crippen LogP contribution in [0.1, 0.15) is 48.8 Å². The fourth-order valence-electron chi connectivity index (χ4n) is 3.80. The van der Waals surface area contributed by atoms with Crippen molar-refractivity contribution in [2.75, 3.05) is 19.6 Å². The minimum Gasteiger partial charge on any atom is -0.386 e. The van der Waals surface area contributed by atoms with Gasteiger partial charge in [0, 0.05) is 42.1 Å². The van der Waals surface area contributed by atoms with Gasteiger partial charge >= 0.3 is 0 Å². The monoisotopic (exact) mass is 426 g/mol. The number of hydrogen-bond acceptors (Lipinski definition) is 5. The third-order valence-electron chi connectivity index (χ3n) is 5.37. The number of hydrogen-bond donors (Lipinski definition) is 3. The minimum atomic E-state index is -0.606. The SMILES string of the molecule is CCNC(=NCC(O)c1cc2ccccc2s1)NCCc1nnc2n1CCCCC2. The van der Waals surface area contributed by atoms with Crippen LogP contribution in [0.15, 0.2) is 35.3 Å². The molecular formula is C22H30N6OS. The zero-order valence-electron chi connectivity index (χ0n) is 17.5. The molecule has 30 heavy (non-hydrogen) atoms. The van der Waals surface area contributed by atoms with Gasteiger partial charge in [0.05, 0.1) is 6.54 Å². The van der Waals surface area contributed by atoms with Crippen LogP contribution >= 0.6 is 11.3 Å². The summed E-state index contributed by atoms with van der Waals surface area (Å²) in [5.41, 5.74) is 0. The summed E-state index contributed by atoms with van der Waals surface area (Å²) in [5, 5.41) is 27.1. The number of aromatic nitrogens is 3. The first-order valence-corrected chi connectivity index (χ1v) is 11.7. The third-order valence-corrected chi connectivity index (χ3v) is 6.58. The maximum Gasteiger partial charge on any atom is 0.191 e. The minimum absolute atomic E-state index is 0.322. The molecule has 4 rings (SSSR count). The highest BCUT2D eigenvalue weighted by Gasteiger charge is 2.15. The summed E-state index contributed by atoms with van der Waals surface area (Å²) in [6.45, 7) is 4.88. The number of aryl methyl sites for hydroxylation is 1. The first kappa shape index (κ1) is 20.8. The smallest absolute Gasteiger partial charge is 0.191 e. The lowest BCUT2D eigenvalue weighted by Crippen LogP contribution is -2.38. The lowest BCUT2D eigenvalue weighted by Gasteiger charge is -2.13. The summed E-state index contributed by atoms with van der Waals surface area (Å²) >= 11 is 1.62. The highest BCUT2D eigenvalue weighted by molar-refractivity contribution is 7.19. The maximum atomic E-state index is 10.6. The Kier molecular flexibility index (Phi) is 6.96. The van der Waals surface area contributed by atoms with E-state index in [0.29, 0.717) is 12.5 Å². The largest absolute Gasteiger partial charge is 0.386 e. The van der Waals surface area contributed by atoms with Crippen molar-refractivity contribution in [1.29, 1.82) is 0 Å². The maximum absolute atomic E-state index is 10.6. The van der Waals surface area contributed by atoms with Gasteiger partial charge in [-0.1, -0.05) is 24.6 Å². The van der Waals surface area contributed by atoms with Crippen LogP contribution in [0.3, 0.4) is 0 Å². The van der Waals surface area contributed by atoms with Gasteiger partial charge in [-0.3, -0.25) is 4.99 Å². The number of guanidine groups is 1. The quantitative estimate of drug-likeness (QED) is 0.399. The molecule has 1 unspecified atom stereocenters. The van der Waals surface area contributed by atoms with Gasteiger partial charge in [0.2, 0.25) is 0 Å². The molecule has 0 radical (unpaired) electrons. The molecule has 2 aromatic heterocycles. The highest BCUT2D eigenvalue weighted by atomic mass is 32.1. The molecule has 1 aromatic carbocycles. The van der Waals surface area contributed by atoms with E-state index in [1.165, 1.54) is 24.0 Å². The summed E-state index contributed by atoms with van der Waals surface area (Å²) in [6.07, 6.45) is 4.89. The molecule has 1 aliphatic heterocycles. The summed E-state index contributed by atoms with van der Waals surface area (Å²) in [4.78, 5) is 5.54. The van der Waals surface area contributed by atoms with Crippen molar-refractivity contribution in [3.8, 4) is 0 Å². The number of nitrogens with one attached hydrogen (secondary N) is 2. The number of fused-ring (bicyclic) bond motifs is 2. The van der Waals surface area contributed by atoms with E-state index in [2.05, 4.69) is 48.6 Å². The predicted octanol–water partition coefficient (Wildman–Crippen LogP) is 3.05. The van der Waals surface area contributed by atoms with E-state index in [1.54, 1.807) is 11.3 Å². The second-order valence-corrected chi connectivity index (χ2v) is 8.71. The molecule has 1 atom stereocenters. The summed E-state index contributed by atoms with van der Waals surface area (Å²) < 4.78 is 3.47. The Morgan fingerprint density at radius 3 is 3.00 bits per heavy atom. The highest BCUT2D eigenvalue weighted by Crippen LogP contribution is 2.29. The molecule has 0 saturated carbocycles. The van der Waals surface area contributed by atoms with Crippen LogP contribution in [-0.4, -0.2) is 45.5 Å². The number of benzene rings is 1. The molecule has 3 aromatic rings. The zero-order chi connectivity index (χ0) is 20.8. The van der Waals surface area contributed by atoms with Crippen LogP contribution in [0.25, 0.3) is 10.1 Å². The van der Waals surface area contributed by atoms with E-state index in [0.717, 1.165) is 54.4 Å². The van der Waals surface area contributed by atoms with Gasteiger partial charge in [0.1, 0.15) is 17.8 Å². The Morgan fingerprint density at radius 1 is 1.23 bits per heavy atom. The van der Waals surface area contributed by atoms with Crippen molar-refractivity contribution in [3.63, 3.8) is 0 Å². The fraction of sp³-hybridized carbons (Fsp3) is 0.500. The van der Waals surface area contributed by atoms with Crippen LogP contribution in [0.4, 0.5) is 0 Å². The lowest BCUT2D eigenvalue weighted by atomic mass is 10.2. The van der Waals surface area contributed by atoms with Gasteiger partial charge in [0.15, 0.2) is 5.96 Å². The van der Waals surface area contributed by atoms with Gasteiger partial charge in [-0.2, -0.15) is 0 Å². The summed E-state index contributed by atoms with van der Waals surface area (Å²) in [6, 6.07) is 10.2. The first-order chi connectivity index (χ1) is 14.7. The summed E-state index contributed by atoms with van der Waals surface area (Å²) in [5.74, 6) is 2.88. The molecule has 0 aliphatic carbocycles. The molecule has 3 N–H and O–H groups in total. The molecule has 0 fully saturated rings. The van der Waals surface area contributed by atoms with Crippen molar-refractivity contribution in [3.05, 3.63) is 46.9 Å². The van der Waals surface area contributed by atoms with E-state index < -0.39 is 6.10 Å². The van der Waals surface area contributed by atoms with E-state index in [4.69, 9.17) is 0 Å². The molecule has 0 amide bonds. The number of thiophene rings is 1. The molecular weight excluding hydrogens is 396 g/mol. The number of aliphatic hydroxyl groups is 1. The molecule has 8 heteroatoms. The van der Waals surface area contributed by atoms with Crippen LogP contribution in [-0.2, 0) is 19.4 Å². The number of nitrogens with zero attached hydrogens (tertiary/aromatic N) is 4. The molecule has 0 spiro atoms. The molecule has 160 valence electrons. The standard InChI is InChI=1S/C22H30N6OS/c1-2-23-22(24-12-11-21-27-26-20-10-4-3-7-13-28(20)21)25-15-17(29)19-14-16-8-5-6-9-18(16)30-19/h5-6,8-9,14,17,29H,2-4,7,10-13,15H2,1H3,(H2,23,24,25). The number of aliphatic hydroxyl groups excluding tert-OH is 1. The van der Waals surface area contributed by atoms with E-state index in [9.17, 15) is 5.11 Å². The lowest BCUT2D eigenvalue weighted by molar-refractivity contribution is 0.191. The van der Waals surface area contributed by atoms with E-state index in [1.807, 2.05) is 19.1 Å². The zero-order valence-corrected chi connectivity index (χ0v) is 18.3. The van der Waals surface area contributed by atoms with E-state index in [-0.39, 0.29) is 0 Å². The Balaban J connectivity index is 1.34. The third kappa shape index (κ3) is 4.99. The van der Waals surface area contributed by atoms with Gasteiger partial charge < -0.3 is 20.3 Å².